The molecule has 1 N–H and O–H groups in total. The number of rotatable bonds is 4. The van der Waals surface area contributed by atoms with Crippen LogP contribution in [0.4, 0.5) is 5.69 Å². The summed E-state index contributed by atoms with van der Waals surface area (Å²) in [5.41, 5.74) is 1.43. The number of carbonyl (C=O) groups is 3. The molecule has 1 heterocycles. The smallest absolute Gasteiger partial charge is 0.325 e. The molecule has 1 aromatic heterocycles. The molecule has 1 saturated carbocycles. The lowest BCUT2D eigenvalue weighted by Gasteiger charge is -2.17. The van der Waals surface area contributed by atoms with E-state index in [-0.39, 0.29) is 24.3 Å². The number of hydrogen-bond acceptors (Lipinski definition) is 5. The van der Waals surface area contributed by atoms with Gasteiger partial charge >= 0.3 is 5.97 Å². The second kappa shape index (κ2) is 8.47. The molecule has 1 fully saturated rings. The van der Waals surface area contributed by atoms with Gasteiger partial charge in [0, 0.05) is 18.5 Å². The number of benzene rings is 1. The number of carbonyl (C=O) groups excluding carboxylic acids is 3. The molecule has 0 atom stereocenters. The standard InChI is InChI=1S/C19H23N3O4S/c1-12(23)20-14-8-9-15-16(10-14)27-19(22(15)11-17(24)26-2)21-18(25)13-6-4-3-5-7-13/h8-10,13H,3-7,11H2,1-2H3,(H,20,23). The minimum absolute atomic E-state index is 0.0211. The van der Waals surface area contributed by atoms with Crippen LogP contribution in [-0.4, -0.2) is 29.5 Å². The zero-order valence-electron chi connectivity index (χ0n) is 15.5. The Labute approximate surface area is 161 Å². The van der Waals surface area contributed by atoms with Crippen LogP contribution < -0.4 is 10.1 Å². The molecule has 144 valence electrons. The Bertz CT molecular complexity index is 938. The Morgan fingerprint density at radius 2 is 2.00 bits per heavy atom. The molecule has 1 aliphatic rings. The third-order valence-corrected chi connectivity index (χ3v) is 5.72. The van der Waals surface area contributed by atoms with Gasteiger partial charge in [-0.2, -0.15) is 4.99 Å². The van der Waals surface area contributed by atoms with Crippen LogP contribution in [0.3, 0.4) is 0 Å². The first-order chi connectivity index (χ1) is 13.0. The monoisotopic (exact) mass is 389 g/mol. The Morgan fingerprint density at radius 3 is 2.67 bits per heavy atom. The number of methoxy groups -OCH3 is 1. The Morgan fingerprint density at radius 1 is 1.26 bits per heavy atom. The van der Waals surface area contributed by atoms with Gasteiger partial charge in [0.2, 0.25) is 5.91 Å². The number of esters is 1. The SMILES string of the molecule is COC(=O)Cn1c(=NC(=O)C2CCCCC2)sc2cc(NC(C)=O)ccc21. The van der Waals surface area contributed by atoms with E-state index in [4.69, 9.17) is 4.74 Å². The van der Waals surface area contributed by atoms with Crippen LogP contribution in [0.15, 0.2) is 23.2 Å². The number of ether oxygens (including phenoxy) is 1. The second-order valence-electron chi connectivity index (χ2n) is 6.70. The molecule has 0 radical (unpaired) electrons. The summed E-state index contributed by atoms with van der Waals surface area (Å²) in [6.07, 6.45) is 5.02. The van der Waals surface area contributed by atoms with E-state index in [0.29, 0.717) is 10.5 Å². The molecule has 1 aliphatic carbocycles. The summed E-state index contributed by atoms with van der Waals surface area (Å²) in [7, 11) is 1.33. The van der Waals surface area contributed by atoms with Gasteiger partial charge in [-0.1, -0.05) is 30.6 Å². The van der Waals surface area contributed by atoms with Crippen molar-refractivity contribution >= 4 is 45.0 Å². The highest BCUT2D eigenvalue weighted by Crippen LogP contribution is 2.25. The van der Waals surface area contributed by atoms with Gasteiger partial charge in [0.05, 0.1) is 17.3 Å². The topological polar surface area (TPSA) is 89.8 Å². The summed E-state index contributed by atoms with van der Waals surface area (Å²) in [4.78, 5) is 40.6. The van der Waals surface area contributed by atoms with E-state index in [9.17, 15) is 14.4 Å². The lowest BCUT2D eigenvalue weighted by atomic mass is 9.89. The lowest BCUT2D eigenvalue weighted by molar-refractivity contribution is -0.141. The molecule has 0 spiro atoms. The van der Waals surface area contributed by atoms with E-state index in [0.717, 1.165) is 35.9 Å². The molecule has 27 heavy (non-hydrogen) atoms. The zero-order valence-corrected chi connectivity index (χ0v) is 16.3. The number of nitrogens with zero attached hydrogens (tertiary/aromatic N) is 2. The van der Waals surface area contributed by atoms with Crippen molar-refractivity contribution in [2.45, 2.75) is 45.6 Å². The zero-order chi connectivity index (χ0) is 19.4. The molecule has 0 aliphatic heterocycles. The number of anilines is 1. The van der Waals surface area contributed by atoms with E-state index in [1.54, 1.807) is 10.6 Å². The number of thiazole rings is 1. The first kappa shape index (κ1) is 19.3. The van der Waals surface area contributed by atoms with Gasteiger partial charge in [-0.15, -0.1) is 0 Å². The van der Waals surface area contributed by atoms with Crippen LogP contribution in [-0.2, 0) is 25.7 Å². The summed E-state index contributed by atoms with van der Waals surface area (Å²) in [6, 6.07) is 5.39. The maximum atomic E-state index is 12.6. The van der Waals surface area contributed by atoms with Gasteiger partial charge < -0.3 is 14.6 Å². The maximum Gasteiger partial charge on any atom is 0.325 e. The molecular formula is C19H23N3O4S. The van der Waals surface area contributed by atoms with Gasteiger partial charge in [0.1, 0.15) is 6.54 Å². The Hall–Kier alpha value is -2.48. The van der Waals surface area contributed by atoms with Gasteiger partial charge in [-0.05, 0) is 31.0 Å². The van der Waals surface area contributed by atoms with Crippen molar-refractivity contribution in [3.05, 3.63) is 23.0 Å². The van der Waals surface area contributed by atoms with Crippen LogP contribution >= 0.6 is 11.3 Å². The Balaban J connectivity index is 2.03. The van der Waals surface area contributed by atoms with Crippen LogP contribution in [0.2, 0.25) is 0 Å². The van der Waals surface area contributed by atoms with Crippen molar-refractivity contribution < 1.29 is 19.1 Å². The normalized spacial score (nSPS) is 15.7. The minimum Gasteiger partial charge on any atom is -0.468 e. The highest BCUT2D eigenvalue weighted by atomic mass is 32.1. The fourth-order valence-electron chi connectivity index (χ4n) is 3.32. The van der Waals surface area contributed by atoms with Gasteiger partial charge in [-0.3, -0.25) is 14.4 Å². The predicted molar refractivity (Wildman–Crippen MR) is 103 cm³/mol. The third-order valence-electron chi connectivity index (χ3n) is 4.68. The van der Waals surface area contributed by atoms with Crippen molar-refractivity contribution in [3.8, 4) is 0 Å². The van der Waals surface area contributed by atoms with E-state index < -0.39 is 5.97 Å². The van der Waals surface area contributed by atoms with Crippen LogP contribution in [0.5, 0.6) is 0 Å². The molecule has 2 aromatic rings. The lowest BCUT2D eigenvalue weighted by Crippen LogP contribution is -2.24. The van der Waals surface area contributed by atoms with E-state index in [1.807, 2.05) is 12.1 Å². The number of amides is 2. The minimum atomic E-state index is -0.410. The van der Waals surface area contributed by atoms with Crippen molar-refractivity contribution in [3.63, 3.8) is 0 Å². The second-order valence-corrected chi connectivity index (χ2v) is 7.70. The quantitative estimate of drug-likeness (QED) is 0.814. The highest BCUT2D eigenvalue weighted by molar-refractivity contribution is 7.16. The highest BCUT2D eigenvalue weighted by Gasteiger charge is 2.21. The molecule has 0 saturated heterocycles. The molecule has 2 amide bonds. The number of nitrogens with one attached hydrogen (secondary N) is 1. The van der Waals surface area contributed by atoms with Crippen molar-refractivity contribution in [2.75, 3.05) is 12.4 Å². The average molecular weight is 389 g/mol. The molecule has 7 nitrogen and oxygen atoms in total. The fraction of sp³-hybridized carbons (Fsp3) is 0.474. The van der Waals surface area contributed by atoms with E-state index >= 15 is 0 Å². The molecule has 0 unspecified atom stereocenters. The summed E-state index contributed by atoms with van der Waals surface area (Å²) >= 11 is 1.33. The van der Waals surface area contributed by atoms with Crippen molar-refractivity contribution in [1.82, 2.24) is 4.57 Å². The van der Waals surface area contributed by atoms with E-state index in [2.05, 4.69) is 10.3 Å². The maximum absolute atomic E-state index is 12.6. The molecule has 0 bridgehead atoms. The van der Waals surface area contributed by atoms with Crippen LogP contribution in [0.1, 0.15) is 39.0 Å². The van der Waals surface area contributed by atoms with Gasteiger partial charge in [-0.25, -0.2) is 0 Å². The summed E-state index contributed by atoms with van der Waals surface area (Å²) in [5, 5.41) is 2.74. The first-order valence-electron chi connectivity index (χ1n) is 9.04. The summed E-state index contributed by atoms with van der Waals surface area (Å²) in [5.74, 6) is -0.731. The van der Waals surface area contributed by atoms with Crippen molar-refractivity contribution in [1.29, 1.82) is 0 Å². The van der Waals surface area contributed by atoms with Crippen LogP contribution in [0, 0.1) is 5.92 Å². The predicted octanol–water partition coefficient (Wildman–Crippen LogP) is 2.84. The van der Waals surface area contributed by atoms with Gasteiger partial charge in [0.25, 0.3) is 5.91 Å². The van der Waals surface area contributed by atoms with E-state index in [1.165, 1.54) is 31.8 Å². The average Bonchev–Trinajstić information content (AvgIpc) is 2.98. The van der Waals surface area contributed by atoms with Crippen LogP contribution in [0.25, 0.3) is 10.2 Å². The largest absolute Gasteiger partial charge is 0.468 e. The molecule has 1 aromatic carbocycles. The number of hydrogen-bond donors (Lipinski definition) is 1. The molecule has 3 rings (SSSR count). The van der Waals surface area contributed by atoms with Gasteiger partial charge in [0.15, 0.2) is 4.80 Å². The summed E-state index contributed by atoms with van der Waals surface area (Å²) < 4.78 is 7.32. The fourth-order valence-corrected chi connectivity index (χ4v) is 4.40. The molecule has 8 heteroatoms. The number of aromatic nitrogens is 1. The van der Waals surface area contributed by atoms with Crippen molar-refractivity contribution in [2.24, 2.45) is 10.9 Å². The molecular weight excluding hydrogens is 366 g/mol. The first-order valence-corrected chi connectivity index (χ1v) is 9.86. The third kappa shape index (κ3) is 4.63. The summed E-state index contributed by atoms with van der Waals surface area (Å²) in [6.45, 7) is 1.42. The number of fused-ring (bicyclic) bond motifs is 1. The Kier molecular flexibility index (Phi) is 6.05.